The second-order valence-corrected chi connectivity index (χ2v) is 8.59. The van der Waals surface area contributed by atoms with Gasteiger partial charge in [-0.25, -0.2) is 13.8 Å². The zero-order chi connectivity index (χ0) is 22.6. The van der Waals surface area contributed by atoms with Crippen molar-refractivity contribution < 1.29 is 18.3 Å². The van der Waals surface area contributed by atoms with Gasteiger partial charge in [0.15, 0.2) is 0 Å². The van der Waals surface area contributed by atoms with Crippen LogP contribution in [0.3, 0.4) is 0 Å². The second-order valence-electron chi connectivity index (χ2n) is 8.23. The van der Waals surface area contributed by atoms with Gasteiger partial charge in [0.25, 0.3) is 12.0 Å². The van der Waals surface area contributed by atoms with Crippen molar-refractivity contribution in [1.82, 2.24) is 9.55 Å². The van der Waals surface area contributed by atoms with Crippen LogP contribution in [-0.4, -0.2) is 35.4 Å². The van der Waals surface area contributed by atoms with Gasteiger partial charge in [-0.15, -0.1) is 0 Å². The van der Waals surface area contributed by atoms with Gasteiger partial charge in [0, 0.05) is 36.7 Å². The summed E-state index contributed by atoms with van der Waals surface area (Å²) < 4.78 is 40.0. The maximum Gasteiger partial charge on any atom is 0.266 e. The summed E-state index contributed by atoms with van der Waals surface area (Å²) in [6.07, 6.45) is -1.34. The molecule has 9 heteroatoms. The van der Waals surface area contributed by atoms with Gasteiger partial charge < -0.3 is 18.9 Å². The summed E-state index contributed by atoms with van der Waals surface area (Å²) in [6.45, 7) is 3.40. The average Bonchev–Trinajstić information content (AvgIpc) is 2.73. The summed E-state index contributed by atoms with van der Waals surface area (Å²) in [6, 6.07) is 7.02. The normalized spacial score (nSPS) is 16.4. The smallest absolute Gasteiger partial charge is 0.266 e. The third-order valence-corrected chi connectivity index (χ3v) is 6.36. The zero-order valence-corrected chi connectivity index (χ0v) is 18.5. The van der Waals surface area contributed by atoms with Crippen LogP contribution in [0.4, 0.5) is 20.2 Å². The van der Waals surface area contributed by atoms with Crippen LogP contribution in [-0.2, 0) is 18.2 Å². The van der Waals surface area contributed by atoms with Gasteiger partial charge in [0.1, 0.15) is 17.0 Å². The van der Waals surface area contributed by atoms with Crippen molar-refractivity contribution in [2.24, 2.45) is 7.05 Å². The van der Waals surface area contributed by atoms with E-state index in [2.05, 4.69) is 4.98 Å². The number of nitrogens with zero attached hydrogens (tertiary/aromatic N) is 3. The Bertz CT molecular complexity index is 1270. The van der Waals surface area contributed by atoms with Crippen LogP contribution >= 0.6 is 11.6 Å². The van der Waals surface area contributed by atoms with E-state index in [-0.39, 0.29) is 22.4 Å². The summed E-state index contributed by atoms with van der Waals surface area (Å²) in [7, 11) is 1.72. The fraction of sp³-hybridized carbons (Fsp3) is 0.391. The summed E-state index contributed by atoms with van der Waals surface area (Å²) in [5.41, 5.74) is 2.98. The number of fused-ring (bicyclic) bond motifs is 2. The van der Waals surface area contributed by atoms with E-state index >= 15 is 0 Å². The van der Waals surface area contributed by atoms with Crippen molar-refractivity contribution >= 4 is 33.9 Å². The molecule has 2 aromatic heterocycles. The van der Waals surface area contributed by atoms with Gasteiger partial charge in [-0.1, -0.05) is 11.6 Å². The van der Waals surface area contributed by atoms with Gasteiger partial charge in [0.2, 0.25) is 0 Å². The molecule has 0 atom stereocenters. The lowest BCUT2D eigenvalue weighted by molar-refractivity contribution is -0.0796. The van der Waals surface area contributed by atoms with Crippen LogP contribution in [0.25, 0.3) is 10.9 Å². The Morgan fingerprint density at radius 2 is 2.00 bits per heavy atom. The monoisotopic (exact) mass is 461 g/mol. The molecular formula is C23H22ClF2N3O3. The lowest BCUT2D eigenvalue weighted by atomic mass is 10.0. The predicted molar refractivity (Wildman–Crippen MR) is 119 cm³/mol. The lowest BCUT2D eigenvalue weighted by Gasteiger charge is -2.33. The summed E-state index contributed by atoms with van der Waals surface area (Å²) in [4.78, 5) is 18.9. The average molecular weight is 462 g/mol. The molecule has 0 radical (unpaired) electrons. The van der Waals surface area contributed by atoms with Crippen molar-refractivity contribution in [3.05, 3.63) is 56.6 Å². The van der Waals surface area contributed by atoms with E-state index in [4.69, 9.17) is 21.1 Å². The number of anilines is 2. The summed E-state index contributed by atoms with van der Waals surface area (Å²) >= 11 is 6.03. The molecule has 1 saturated heterocycles. The number of hydrogen-bond donors (Lipinski definition) is 0. The third kappa shape index (κ3) is 3.51. The quantitative estimate of drug-likeness (QED) is 0.527. The standard InChI is InChI=1S/C23H22ClF2N3O3/c1-12-6-15-18(28(2)23(12)30)7-13(32-14-10-31-11-14)8-19(15)29-5-3-4-17-20(29)9-16(22(25)26)21(24)27-17/h6-9,14,22H,3-5,10-11H2,1-2H3. The highest BCUT2D eigenvalue weighted by atomic mass is 35.5. The van der Waals surface area contributed by atoms with E-state index in [0.717, 1.165) is 17.5 Å². The number of aromatic nitrogens is 2. The first-order valence-corrected chi connectivity index (χ1v) is 10.8. The molecule has 0 aliphatic carbocycles. The van der Waals surface area contributed by atoms with Crippen molar-refractivity contribution in [2.75, 3.05) is 24.7 Å². The maximum atomic E-state index is 13.6. The number of alkyl halides is 2. The van der Waals surface area contributed by atoms with Crippen LogP contribution in [0, 0.1) is 6.92 Å². The molecule has 4 heterocycles. The molecule has 2 aliphatic heterocycles. The number of aryl methyl sites for hydroxylation is 3. The minimum Gasteiger partial charge on any atom is -0.485 e. The van der Waals surface area contributed by atoms with E-state index in [1.54, 1.807) is 18.5 Å². The highest BCUT2D eigenvalue weighted by Crippen LogP contribution is 2.42. The zero-order valence-electron chi connectivity index (χ0n) is 17.7. The molecule has 0 spiro atoms. The van der Waals surface area contributed by atoms with Gasteiger partial charge in [-0.2, -0.15) is 0 Å². The molecule has 5 rings (SSSR count). The highest BCUT2D eigenvalue weighted by molar-refractivity contribution is 6.30. The number of pyridine rings is 2. The fourth-order valence-electron chi connectivity index (χ4n) is 4.32. The molecule has 168 valence electrons. The maximum absolute atomic E-state index is 13.6. The molecule has 32 heavy (non-hydrogen) atoms. The molecule has 2 aliphatic rings. The topological polar surface area (TPSA) is 56.6 Å². The molecular weight excluding hydrogens is 440 g/mol. The van der Waals surface area contributed by atoms with Gasteiger partial charge in [-0.3, -0.25) is 4.79 Å². The Hall–Kier alpha value is -2.71. The number of hydrogen-bond acceptors (Lipinski definition) is 5. The number of benzene rings is 1. The van der Waals surface area contributed by atoms with Gasteiger partial charge >= 0.3 is 0 Å². The number of rotatable bonds is 4. The van der Waals surface area contributed by atoms with E-state index in [0.29, 0.717) is 54.4 Å². The largest absolute Gasteiger partial charge is 0.485 e. The molecule has 0 amide bonds. The van der Waals surface area contributed by atoms with Crippen molar-refractivity contribution in [1.29, 1.82) is 0 Å². The van der Waals surface area contributed by atoms with Gasteiger partial charge in [-0.05, 0) is 31.9 Å². The van der Waals surface area contributed by atoms with Crippen LogP contribution in [0.1, 0.15) is 29.7 Å². The Morgan fingerprint density at radius 3 is 2.69 bits per heavy atom. The van der Waals surface area contributed by atoms with E-state index in [1.807, 2.05) is 23.1 Å². The Morgan fingerprint density at radius 1 is 1.22 bits per heavy atom. The van der Waals surface area contributed by atoms with Crippen LogP contribution < -0.4 is 15.2 Å². The third-order valence-electron chi connectivity index (χ3n) is 6.06. The van der Waals surface area contributed by atoms with Crippen molar-refractivity contribution in [3.8, 4) is 5.75 Å². The van der Waals surface area contributed by atoms with Crippen LogP contribution in [0.2, 0.25) is 5.15 Å². The summed E-state index contributed by atoms with van der Waals surface area (Å²) in [5.74, 6) is 0.600. The molecule has 3 aromatic rings. The minimum absolute atomic E-state index is 0.0534. The number of ether oxygens (including phenoxy) is 2. The van der Waals surface area contributed by atoms with Gasteiger partial charge in [0.05, 0.1) is 41.4 Å². The van der Waals surface area contributed by atoms with E-state index < -0.39 is 6.43 Å². The lowest BCUT2D eigenvalue weighted by Crippen LogP contribution is -2.38. The summed E-state index contributed by atoms with van der Waals surface area (Å²) in [5, 5.41) is 0.675. The minimum atomic E-state index is -2.72. The van der Waals surface area contributed by atoms with Crippen LogP contribution in [0.5, 0.6) is 5.75 Å². The Kier molecular flexibility index (Phi) is 5.29. The van der Waals surface area contributed by atoms with Crippen LogP contribution in [0.15, 0.2) is 29.1 Å². The molecule has 1 aromatic carbocycles. The SMILES string of the molecule is Cc1cc2c(N3CCCc4nc(Cl)c(C(F)F)cc43)cc(OC3COC3)cc2n(C)c1=O. The first kappa shape index (κ1) is 21.2. The Labute approximate surface area is 188 Å². The first-order chi connectivity index (χ1) is 15.3. The van der Waals surface area contributed by atoms with Crippen molar-refractivity contribution in [3.63, 3.8) is 0 Å². The molecule has 0 N–H and O–H groups in total. The number of halogens is 3. The van der Waals surface area contributed by atoms with E-state index in [1.165, 1.54) is 6.07 Å². The fourth-order valence-corrected chi connectivity index (χ4v) is 4.56. The molecule has 0 bridgehead atoms. The van der Waals surface area contributed by atoms with E-state index in [9.17, 15) is 13.6 Å². The first-order valence-electron chi connectivity index (χ1n) is 10.5. The highest BCUT2D eigenvalue weighted by Gasteiger charge is 2.27. The molecule has 0 saturated carbocycles. The molecule has 0 unspecified atom stereocenters. The second kappa shape index (κ2) is 8.01. The molecule has 1 fully saturated rings. The van der Waals surface area contributed by atoms with Crippen molar-refractivity contribution in [2.45, 2.75) is 32.3 Å². The predicted octanol–water partition coefficient (Wildman–Crippen LogP) is 4.69. The molecule has 6 nitrogen and oxygen atoms in total. The Balaban J connectivity index is 1.73.